The standard InChI is InChI=1S/C13H24N2O2/c14-8-7-13(5-6-13)10-15-12(16)4-3-11-2-1-9-17-11/h11H,1-10,14H2,(H,15,16). The smallest absolute Gasteiger partial charge is 0.220 e. The van der Waals surface area contributed by atoms with E-state index < -0.39 is 0 Å². The molecule has 1 heterocycles. The molecular formula is C13H24N2O2. The molecule has 4 nitrogen and oxygen atoms in total. The highest BCUT2D eigenvalue weighted by atomic mass is 16.5. The zero-order chi connectivity index (χ0) is 12.1. The second-order valence-corrected chi connectivity index (χ2v) is 5.49. The van der Waals surface area contributed by atoms with Crippen LogP contribution >= 0.6 is 0 Å². The van der Waals surface area contributed by atoms with E-state index in [-0.39, 0.29) is 5.91 Å². The maximum Gasteiger partial charge on any atom is 0.220 e. The Morgan fingerprint density at radius 3 is 2.88 bits per heavy atom. The Hall–Kier alpha value is -0.610. The predicted octanol–water partition coefficient (Wildman–Crippen LogP) is 1.19. The van der Waals surface area contributed by atoms with Crippen LogP contribution in [0.3, 0.4) is 0 Å². The van der Waals surface area contributed by atoms with Crippen molar-refractivity contribution in [2.24, 2.45) is 11.1 Å². The fourth-order valence-corrected chi connectivity index (χ4v) is 2.54. The molecule has 2 aliphatic rings. The van der Waals surface area contributed by atoms with E-state index in [1.807, 2.05) is 0 Å². The van der Waals surface area contributed by atoms with Gasteiger partial charge in [0.25, 0.3) is 0 Å². The first-order valence-corrected chi connectivity index (χ1v) is 6.82. The van der Waals surface area contributed by atoms with Gasteiger partial charge in [-0.15, -0.1) is 0 Å². The van der Waals surface area contributed by atoms with E-state index in [2.05, 4.69) is 5.32 Å². The second kappa shape index (κ2) is 5.83. The van der Waals surface area contributed by atoms with Crippen molar-refractivity contribution in [3.8, 4) is 0 Å². The minimum Gasteiger partial charge on any atom is -0.378 e. The number of carbonyl (C=O) groups excluding carboxylic acids is 1. The van der Waals surface area contributed by atoms with Gasteiger partial charge in [-0.1, -0.05) is 0 Å². The first-order chi connectivity index (χ1) is 8.24. The Balaban J connectivity index is 1.57. The maximum atomic E-state index is 11.7. The zero-order valence-electron chi connectivity index (χ0n) is 10.5. The van der Waals surface area contributed by atoms with Gasteiger partial charge in [0.05, 0.1) is 6.10 Å². The van der Waals surface area contributed by atoms with Crippen molar-refractivity contribution < 1.29 is 9.53 Å². The molecule has 1 aliphatic heterocycles. The summed E-state index contributed by atoms with van der Waals surface area (Å²) in [6.07, 6.45) is 7.53. The molecule has 0 aromatic heterocycles. The average Bonchev–Trinajstić information content (AvgIpc) is 2.90. The van der Waals surface area contributed by atoms with Crippen LogP contribution in [0.2, 0.25) is 0 Å². The number of amides is 1. The maximum absolute atomic E-state index is 11.7. The van der Waals surface area contributed by atoms with E-state index in [4.69, 9.17) is 10.5 Å². The lowest BCUT2D eigenvalue weighted by Crippen LogP contribution is -2.31. The highest BCUT2D eigenvalue weighted by molar-refractivity contribution is 5.75. The first-order valence-electron chi connectivity index (χ1n) is 6.82. The van der Waals surface area contributed by atoms with Crippen molar-refractivity contribution in [3.05, 3.63) is 0 Å². The Labute approximate surface area is 103 Å². The van der Waals surface area contributed by atoms with Crippen LogP contribution in [0.1, 0.15) is 44.9 Å². The third-order valence-corrected chi connectivity index (χ3v) is 4.01. The molecular weight excluding hydrogens is 216 g/mol. The molecule has 2 rings (SSSR count). The summed E-state index contributed by atoms with van der Waals surface area (Å²) in [6.45, 7) is 2.41. The van der Waals surface area contributed by atoms with Gasteiger partial charge in [-0.05, 0) is 50.5 Å². The van der Waals surface area contributed by atoms with Crippen molar-refractivity contribution in [1.82, 2.24) is 5.32 Å². The molecule has 1 unspecified atom stereocenters. The molecule has 3 N–H and O–H groups in total. The summed E-state index contributed by atoms with van der Waals surface area (Å²) in [7, 11) is 0. The molecule has 0 aromatic rings. The van der Waals surface area contributed by atoms with Crippen molar-refractivity contribution in [1.29, 1.82) is 0 Å². The van der Waals surface area contributed by atoms with Gasteiger partial charge >= 0.3 is 0 Å². The van der Waals surface area contributed by atoms with Crippen LogP contribution in [0.15, 0.2) is 0 Å². The normalized spacial score (nSPS) is 25.8. The number of hydrogen-bond donors (Lipinski definition) is 2. The van der Waals surface area contributed by atoms with Gasteiger partial charge in [0.2, 0.25) is 5.91 Å². The van der Waals surface area contributed by atoms with Gasteiger partial charge in [-0.2, -0.15) is 0 Å². The molecule has 2 fully saturated rings. The van der Waals surface area contributed by atoms with E-state index in [0.717, 1.165) is 45.4 Å². The Morgan fingerprint density at radius 1 is 1.47 bits per heavy atom. The number of rotatable bonds is 7. The molecule has 1 saturated carbocycles. The lowest BCUT2D eigenvalue weighted by Gasteiger charge is -2.15. The van der Waals surface area contributed by atoms with Crippen molar-refractivity contribution in [2.75, 3.05) is 19.7 Å². The second-order valence-electron chi connectivity index (χ2n) is 5.49. The number of nitrogens with one attached hydrogen (secondary N) is 1. The molecule has 98 valence electrons. The SMILES string of the molecule is NCCC1(CNC(=O)CCC2CCCO2)CC1. The molecule has 0 aromatic carbocycles. The topological polar surface area (TPSA) is 64.3 Å². The van der Waals surface area contributed by atoms with Crippen LogP contribution in [-0.4, -0.2) is 31.7 Å². The first kappa shape index (κ1) is 12.8. The number of ether oxygens (including phenoxy) is 1. The highest BCUT2D eigenvalue weighted by Crippen LogP contribution is 2.47. The van der Waals surface area contributed by atoms with E-state index >= 15 is 0 Å². The molecule has 1 atom stereocenters. The predicted molar refractivity (Wildman–Crippen MR) is 66.6 cm³/mol. The fourth-order valence-electron chi connectivity index (χ4n) is 2.54. The lowest BCUT2D eigenvalue weighted by molar-refractivity contribution is -0.122. The molecule has 1 aliphatic carbocycles. The minimum absolute atomic E-state index is 0.170. The summed E-state index contributed by atoms with van der Waals surface area (Å²) in [6, 6.07) is 0. The van der Waals surface area contributed by atoms with Crippen molar-refractivity contribution in [3.63, 3.8) is 0 Å². The molecule has 0 bridgehead atoms. The van der Waals surface area contributed by atoms with E-state index in [0.29, 0.717) is 17.9 Å². The third-order valence-electron chi connectivity index (χ3n) is 4.01. The third kappa shape index (κ3) is 3.96. The molecule has 4 heteroatoms. The summed E-state index contributed by atoms with van der Waals surface area (Å²) in [5.74, 6) is 0.170. The van der Waals surface area contributed by atoms with Crippen molar-refractivity contribution in [2.45, 2.75) is 51.0 Å². The lowest BCUT2D eigenvalue weighted by atomic mass is 10.0. The summed E-state index contributed by atoms with van der Waals surface area (Å²) < 4.78 is 5.50. The van der Waals surface area contributed by atoms with E-state index in [1.54, 1.807) is 0 Å². The summed E-state index contributed by atoms with van der Waals surface area (Å²) >= 11 is 0. The van der Waals surface area contributed by atoms with Gasteiger partial charge in [0.15, 0.2) is 0 Å². The summed E-state index contributed by atoms with van der Waals surface area (Å²) in [5, 5.41) is 3.04. The average molecular weight is 240 g/mol. The molecule has 1 saturated heterocycles. The summed E-state index contributed by atoms with van der Waals surface area (Å²) in [5.41, 5.74) is 5.91. The van der Waals surface area contributed by atoms with Gasteiger partial charge in [0.1, 0.15) is 0 Å². The summed E-state index contributed by atoms with van der Waals surface area (Å²) in [4.78, 5) is 11.7. The van der Waals surface area contributed by atoms with Crippen LogP contribution in [0.4, 0.5) is 0 Å². The van der Waals surface area contributed by atoms with Gasteiger partial charge in [-0.25, -0.2) is 0 Å². The minimum atomic E-state index is 0.170. The number of nitrogens with two attached hydrogens (primary N) is 1. The Bertz CT molecular complexity index is 258. The van der Waals surface area contributed by atoms with Gasteiger partial charge in [-0.3, -0.25) is 4.79 Å². The van der Waals surface area contributed by atoms with Crippen LogP contribution in [0.5, 0.6) is 0 Å². The van der Waals surface area contributed by atoms with E-state index in [9.17, 15) is 4.79 Å². The monoisotopic (exact) mass is 240 g/mol. The molecule has 17 heavy (non-hydrogen) atoms. The number of carbonyl (C=O) groups is 1. The van der Waals surface area contributed by atoms with Crippen LogP contribution in [0, 0.1) is 5.41 Å². The number of hydrogen-bond acceptors (Lipinski definition) is 3. The Kier molecular flexibility index (Phi) is 4.40. The molecule has 0 spiro atoms. The fraction of sp³-hybridized carbons (Fsp3) is 0.923. The molecule has 1 amide bonds. The largest absolute Gasteiger partial charge is 0.378 e. The van der Waals surface area contributed by atoms with Gasteiger partial charge < -0.3 is 15.8 Å². The quantitative estimate of drug-likeness (QED) is 0.702. The zero-order valence-corrected chi connectivity index (χ0v) is 10.5. The highest BCUT2D eigenvalue weighted by Gasteiger charge is 2.41. The van der Waals surface area contributed by atoms with E-state index in [1.165, 1.54) is 12.8 Å². The Morgan fingerprint density at radius 2 is 2.29 bits per heavy atom. The van der Waals surface area contributed by atoms with Crippen LogP contribution in [0.25, 0.3) is 0 Å². The molecule has 0 radical (unpaired) electrons. The van der Waals surface area contributed by atoms with Crippen LogP contribution < -0.4 is 11.1 Å². The van der Waals surface area contributed by atoms with Gasteiger partial charge in [0, 0.05) is 19.6 Å². The van der Waals surface area contributed by atoms with Crippen LogP contribution in [-0.2, 0) is 9.53 Å². The van der Waals surface area contributed by atoms with Crippen molar-refractivity contribution >= 4 is 5.91 Å².